The molecule has 0 saturated carbocycles. The van der Waals surface area contributed by atoms with Gasteiger partial charge in [-0.15, -0.1) is 0 Å². The third-order valence-corrected chi connectivity index (χ3v) is 2.90. The van der Waals surface area contributed by atoms with Crippen molar-refractivity contribution in [2.75, 3.05) is 20.2 Å². The number of esters is 1. The highest BCUT2D eigenvalue weighted by atomic mass is 16.5. The third kappa shape index (κ3) is 4.69. The van der Waals surface area contributed by atoms with Crippen molar-refractivity contribution in [2.24, 2.45) is 0 Å². The molecule has 8 nitrogen and oxygen atoms in total. The first-order chi connectivity index (χ1) is 9.33. The van der Waals surface area contributed by atoms with Crippen molar-refractivity contribution in [3.05, 3.63) is 0 Å². The van der Waals surface area contributed by atoms with Crippen LogP contribution in [0.1, 0.15) is 20.3 Å². The second-order valence-corrected chi connectivity index (χ2v) is 4.78. The molecule has 2 N–H and O–H groups in total. The summed E-state index contributed by atoms with van der Waals surface area (Å²) in [6.07, 6.45) is -0.644. The summed E-state index contributed by atoms with van der Waals surface area (Å²) >= 11 is 0. The van der Waals surface area contributed by atoms with Gasteiger partial charge in [-0.05, 0) is 13.8 Å². The van der Waals surface area contributed by atoms with E-state index in [2.05, 4.69) is 10.1 Å². The number of carboxylic acid groups (broad SMARTS) is 1. The number of nitrogens with one attached hydrogen (secondary N) is 1. The first kappa shape index (κ1) is 16.2. The zero-order valence-electron chi connectivity index (χ0n) is 11.8. The Hall–Kier alpha value is -1.83. The first-order valence-corrected chi connectivity index (χ1v) is 6.34. The molecule has 2 unspecified atom stereocenters. The van der Waals surface area contributed by atoms with Gasteiger partial charge in [0.25, 0.3) is 0 Å². The monoisotopic (exact) mass is 288 g/mol. The number of aliphatic carboxylic acids is 1. The Labute approximate surface area is 117 Å². The van der Waals surface area contributed by atoms with Crippen molar-refractivity contribution in [1.29, 1.82) is 0 Å². The summed E-state index contributed by atoms with van der Waals surface area (Å²) < 4.78 is 9.89. The highest BCUT2D eigenvalue weighted by Crippen LogP contribution is 2.11. The molecule has 3 atom stereocenters. The van der Waals surface area contributed by atoms with Crippen LogP contribution in [0.2, 0.25) is 0 Å². The number of hydrogen-bond donors (Lipinski definition) is 2. The molecule has 0 aromatic rings. The van der Waals surface area contributed by atoms with E-state index in [1.807, 2.05) is 13.8 Å². The third-order valence-electron chi connectivity index (χ3n) is 2.90. The highest BCUT2D eigenvalue weighted by molar-refractivity contribution is 5.86. The Morgan fingerprint density at radius 1 is 1.35 bits per heavy atom. The van der Waals surface area contributed by atoms with Crippen LogP contribution in [-0.4, -0.2) is 66.4 Å². The highest BCUT2D eigenvalue weighted by Gasteiger charge is 2.30. The van der Waals surface area contributed by atoms with E-state index in [0.29, 0.717) is 13.1 Å². The molecule has 0 radical (unpaired) electrons. The number of carboxylic acids is 1. The van der Waals surface area contributed by atoms with Gasteiger partial charge in [0.05, 0.1) is 25.7 Å². The Balaban J connectivity index is 2.61. The number of amides is 2. The fraction of sp³-hybridized carbons (Fsp3) is 0.750. The number of nitrogens with zero attached hydrogens (tertiary/aromatic N) is 1. The van der Waals surface area contributed by atoms with E-state index in [4.69, 9.17) is 9.84 Å². The molecular weight excluding hydrogens is 268 g/mol. The molecule has 1 rings (SSSR count). The molecule has 2 amide bonds. The van der Waals surface area contributed by atoms with Crippen LogP contribution in [0.3, 0.4) is 0 Å². The fourth-order valence-electron chi connectivity index (χ4n) is 2.03. The van der Waals surface area contributed by atoms with Gasteiger partial charge in [0.15, 0.2) is 0 Å². The number of carbonyl (C=O) groups excluding carboxylic acids is 2. The second-order valence-electron chi connectivity index (χ2n) is 4.78. The lowest BCUT2D eigenvalue weighted by Crippen LogP contribution is -2.55. The Bertz CT molecular complexity index is 376. The average molecular weight is 288 g/mol. The fourth-order valence-corrected chi connectivity index (χ4v) is 2.03. The van der Waals surface area contributed by atoms with E-state index in [0.717, 1.165) is 7.11 Å². The van der Waals surface area contributed by atoms with Gasteiger partial charge in [-0.1, -0.05) is 0 Å². The molecule has 1 aliphatic rings. The summed E-state index contributed by atoms with van der Waals surface area (Å²) in [5.41, 5.74) is 0. The van der Waals surface area contributed by atoms with Gasteiger partial charge in [-0.3, -0.25) is 4.79 Å². The predicted molar refractivity (Wildman–Crippen MR) is 68.2 cm³/mol. The molecule has 1 fully saturated rings. The first-order valence-electron chi connectivity index (χ1n) is 6.34. The molecule has 20 heavy (non-hydrogen) atoms. The minimum absolute atomic E-state index is 0.117. The van der Waals surface area contributed by atoms with Gasteiger partial charge >= 0.3 is 18.0 Å². The van der Waals surface area contributed by atoms with E-state index in [1.54, 1.807) is 0 Å². The van der Waals surface area contributed by atoms with Crippen molar-refractivity contribution >= 4 is 18.0 Å². The van der Waals surface area contributed by atoms with Crippen LogP contribution in [0.4, 0.5) is 4.79 Å². The van der Waals surface area contributed by atoms with Gasteiger partial charge in [-0.2, -0.15) is 0 Å². The van der Waals surface area contributed by atoms with Crippen LogP contribution < -0.4 is 5.32 Å². The molecule has 0 bridgehead atoms. The van der Waals surface area contributed by atoms with Gasteiger partial charge < -0.3 is 24.8 Å². The lowest BCUT2D eigenvalue weighted by atomic mass is 10.2. The van der Waals surface area contributed by atoms with Gasteiger partial charge in [0, 0.05) is 13.1 Å². The van der Waals surface area contributed by atoms with E-state index in [9.17, 15) is 14.4 Å². The van der Waals surface area contributed by atoms with E-state index in [1.165, 1.54) is 4.90 Å². The lowest BCUT2D eigenvalue weighted by Gasteiger charge is -2.35. The van der Waals surface area contributed by atoms with Crippen molar-refractivity contribution in [1.82, 2.24) is 10.2 Å². The summed E-state index contributed by atoms with van der Waals surface area (Å²) in [6, 6.07) is -1.83. The van der Waals surface area contributed by atoms with Crippen LogP contribution in [0.5, 0.6) is 0 Å². The number of urea groups is 1. The minimum Gasteiger partial charge on any atom is -0.480 e. The maximum Gasteiger partial charge on any atom is 0.326 e. The van der Waals surface area contributed by atoms with Gasteiger partial charge in [0.1, 0.15) is 6.04 Å². The maximum absolute atomic E-state index is 12.0. The van der Waals surface area contributed by atoms with Crippen LogP contribution >= 0.6 is 0 Å². The number of morpholine rings is 1. The summed E-state index contributed by atoms with van der Waals surface area (Å²) in [5.74, 6) is -1.97. The number of carbonyl (C=O) groups is 3. The van der Waals surface area contributed by atoms with Crippen molar-refractivity contribution < 1.29 is 29.0 Å². The number of hydrogen-bond acceptors (Lipinski definition) is 5. The summed E-state index contributed by atoms with van der Waals surface area (Å²) in [7, 11) is 1.16. The smallest absolute Gasteiger partial charge is 0.326 e. The second kappa shape index (κ2) is 7.09. The molecule has 1 saturated heterocycles. The van der Waals surface area contributed by atoms with Crippen molar-refractivity contribution in [3.63, 3.8) is 0 Å². The number of ether oxygens (including phenoxy) is 2. The van der Waals surface area contributed by atoms with Crippen LogP contribution in [0, 0.1) is 0 Å². The standard InChI is InChI=1S/C12H20N2O6/c1-7-5-14(6-8(2)20-7)12(18)13-9(11(16)17)4-10(15)19-3/h7-9H,4-6H2,1-3H3,(H,13,18)(H,16,17)/t7?,8?,9-/m0/s1. The molecule has 0 aromatic carbocycles. The summed E-state index contributed by atoms with van der Waals surface area (Å²) in [5, 5.41) is 11.3. The summed E-state index contributed by atoms with van der Waals surface area (Å²) in [6.45, 7) is 4.42. The SMILES string of the molecule is COC(=O)C[C@H](NC(=O)N1CC(C)OC(C)C1)C(=O)O. The topological polar surface area (TPSA) is 105 Å². The van der Waals surface area contributed by atoms with Crippen LogP contribution in [0.25, 0.3) is 0 Å². The Morgan fingerprint density at radius 3 is 2.35 bits per heavy atom. The molecule has 0 aliphatic carbocycles. The molecular formula is C12H20N2O6. The molecule has 0 spiro atoms. The zero-order chi connectivity index (χ0) is 15.3. The van der Waals surface area contributed by atoms with E-state index < -0.39 is 30.4 Å². The van der Waals surface area contributed by atoms with Crippen molar-refractivity contribution in [3.8, 4) is 0 Å². The largest absolute Gasteiger partial charge is 0.480 e. The van der Waals surface area contributed by atoms with Crippen LogP contribution in [-0.2, 0) is 19.1 Å². The van der Waals surface area contributed by atoms with Crippen LogP contribution in [0.15, 0.2) is 0 Å². The number of methoxy groups -OCH3 is 1. The zero-order valence-corrected chi connectivity index (χ0v) is 11.8. The normalized spacial score (nSPS) is 23.9. The maximum atomic E-state index is 12.0. The molecule has 114 valence electrons. The molecule has 1 aliphatic heterocycles. The quantitative estimate of drug-likeness (QED) is 0.695. The summed E-state index contributed by atoms with van der Waals surface area (Å²) in [4.78, 5) is 35.6. The number of rotatable bonds is 4. The minimum atomic E-state index is -1.30. The molecule has 1 heterocycles. The Morgan fingerprint density at radius 2 is 1.90 bits per heavy atom. The van der Waals surface area contributed by atoms with E-state index >= 15 is 0 Å². The van der Waals surface area contributed by atoms with Crippen molar-refractivity contribution in [2.45, 2.75) is 38.5 Å². The Kier molecular flexibility index (Phi) is 5.75. The predicted octanol–water partition coefficient (Wildman–Crippen LogP) is -0.178. The molecule has 0 aromatic heterocycles. The van der Waals surface area contributed by atoms with Gasteiger partial charge in [0.2, 0.25) is 0 Å². The molecule has 8 heteroatoms. The van der Waals surface area contributed by atoms with E-state index in [-0.39, 0.29) is 12.2 Å². The average Bonchev–Trinajstić information content (AvgIpc) is 2.36. The lowest BCUT2D eigenvalue weighted by molar-refractivity contribution is -0.147. The van der Waals surface area contributed by atoms with Gasteiger partial charge in [-0.25, -0.2) is 9.59 Å².